The molecule has 1 aliphatic rings. The average molecular weight is 186 g/mol. The van der Waals surface area contributed by atoms with Crippen LogP contribution in [0.1, 0.15) is 48.0 Å². The Hall–Kier alpha value is -0.0800. The van der Waals surface area contributed by atoms with Crippen LogP contribution in [-0.4, -0.2) is 18.0 Å². The maximum atomic E-state index is 5.89. The second kappa shape index (κ2) is 3.25. The van der Waals surface area contributed by atoms with Gasteiger partial charge < -0.3 is 9.47 Å². The minimum atomic E-state index is -0.421. The van der Waals surface area contributed by atoms with Gasteiger partial charge in [0.25, 0.3) is 0 Å². The van der Waals surface area contributed by atoms with Gasteiger partial charge in [-0.1, -0.05) is 20.8 Å². The van der Waals surface area contributed by atoms with Gasteiger partial charge in [-0.15, -0.1) is 0 Å². The Bertz CT molecular complexity index is 179. The maximum Gasteiger partial charge on any atom is 0.163 e. The lowest BCUT2D eigenvalue weighted by Gasteiger charge is -2.44. The van der Waals surface area contributed by atoms with Crippen LogP contribution in [0.5, 0.6) is 0 Å². The minimum absolute atomic E-state index is 0.204. The van der Waals surface area contributed by atoms with Gasteiger partial charge in [0.1, 0.15) is 0 Å². The van der Waals surface area contributed by atoms with Crippen LogP contribution in [-0.2, 0) is 9.47 Å². The molecule has 2 atom stereocenters. The van der Waals surface area contributed by atoms with Crippen molar-refractivity contribution in [1.82, 2.24) is 0 Å². The number of hydrogen-bond donors (Lipinski definition) is 0. The molecule has 0 saturated carbocycles. The molecule has 2 heteroatoms. The first-order valence-corrected chi connectivity index (χ1v) is 5.06. The van der Waals surface area contributed by atoms with Crippen LogP contribution >= 0.6 is 0 Å². The first kappa shape index (κ1) is 11.0. The van der Waals surface area contributed by atoms with Gasteiger partial charge in [-0.2, -0.15) is 0 Å². The van der Waals surface area contributed by atoms with E-state index in [9.17, 15) is 0 Å². The Morgan fingerprint density at radius 2 is 1.69 bits per heavy atom. The second-order valence-corrected chi connectivity index (χ2v) is 5.54. The zero-order chi connectivity index (χ0) is 10.3. The fourth-order valence-electron chi connectivity index (χ4n) is 1.78. The van der Waals surface area contributed by atoms with Crippen molar-refractivity contribution in [3.63, 3.8) is 0 Å². The summed E-state index contributed by atoms with van der Waals surface area (Å²) >= 11 is 0. The predicted molar refractivity (Wildman–Crippen MR) is 53.6 cm³/mol. The highest BCUT2D eigenvalue weighted by Gasteiger charge is 2.38. The van der Waals surface area contributed by atoms with E-state index in [0.717, 1.165) is 6.42 Å². The highest BCUT2D eigenvalue weighted by molar-refractivity contribution is 4.82. The Labute approximate surface area is 81.6 Å². The maximum absolute atomic E-state index is 5.89. The van der Waals surface area contributed by atoms with E-state index in [1.165, 1.54) is 0 Å². The van der Waals surface area contributed by atoms with Crippen LogP contribution in [0.15, 0.2) is 0 Å². The predicted octanol–water partition coefficient (Wildman–Crippen LogP) is 2.96. The third-order valence-electron chi connectivity index (χ3n) is 2.42. The Balaban J connectivity index is 2.69. The monoisotopic (exact) mass is 186 g/mol. The smallest absolute Gasteiger partial charge is 0.163 e. The first-order chi connectivity index (χ1) is 5.71. The van der Waals surface area contributed by atoms with Crippen molar-refractivity contribution < 1.29 is 9.47 Å². The molecule has 0 spiro atoms. The summed E-state index contributed by atoms with van der Waals surface area (Å²) in [5.74, 6) is -0.421. The average Bonchev–Trinajstić information content (AvgIpc) is 1.79. The van der Waals surface area contributed by atoms with Crippen LogP contribution in [0.4, 0.5) is 0 Å². The molecule has 0 amide bonds. The van der Waals surface area contributed by atoms with Gasteiger partial charge in [-0.05, 0) is 26.2 Å². The molecule has 0 aromatic heterocycles. The molecule has 0 N–H and O–H groups in total. The summed E-state index contributed by atoms with van der Waals surface area (Å²) in [6.45, 7) is 12.7. The third kappa shape index (κ3) is 2.96. The van der Waals surface area contributed by atoms with E-state index in [2.05, 4.69) is 27.7 Å². The summed E-state index contributed by atoms with van der Waals surface area (Å²) in [5, 5.41) is 0. The van der Waals surface area contributed by atoms with Crippen molar-refractivity contribution in [2.24, 2.45) is 5.41 Å². The fourth-order valence-corrected chi connectivity index (χ4v) is 1.78. The lowest BCUT2D eigenvalue weighted by molar-refractivity contribution is -0.311. The van der Waals surface area contributed by atoms with Gasteiger partial charge in [-0.25, -0.2) is 0 Å². The van der Waals surface area contributed by atoms with Gasteiger partial charge in [0, 0.05) is 6.42 Å². The largest absolute Gasteiger partial charge is 0.347 e. The molecule has 2 nitrogen and oxygen atoms in total. The van der Waals surface area contributed by atoms with E-state index in [-0.39, 0.29) is 5.41 Å². The van der Waals surface area contributed by atoms with Crippen LogP contribution in [0.25, 0.3) is 0 Å². The van der Waals surface area contributed by atoms with E-state index < -0.39 is 5.79 Å². The van der Waals surface area contributed by atoms with Gasteiger partial charge in [0.2, 0.25) is 0 Å². The van der Waals surface area contributed by atoms with E-state index in [0.29, 0.717) is 12.2 Å². The highest BCUT2D eigenvalue weighted by atomic mass is 16.7. The number of hydrogen-bond acceptors (Lipinski definition) is 2. The fraction of sp³-hybridized carbons (Fsp3) is 1.00. The molecule has 0 aromatic rings. The summed E-state index contributed by atoms with van der Waals surface area (Å²) in [7, 11) is 0. The molecule has 78 valence electrons. The lowest BCUT2D eigenvalue weighted by Crippen LogP contribution is -2.48. The van der Waals surface area contributed by atoms with Gasteiger partial charge in [0.05, 0.1) is 12.2 Å². The molecule has 1 saturated heterocycles. The molecule has 0 bridgehead atoms. The minimum Gasteiger partial charge on any atom is -0.347 e. The topological polar surface area (TPSA) is 18.5 Å². The molecule has 1 heterocycles. The van der Waals surface area contributed by atoms with Gasteiger partial charge in [0.15, 0.2) is 5.79 Å². The molecular formula is C11H22O2. The molecule has 0 aromatic carbocycles. The molecule has 13 heavy (non-hydrogen) atoms. The van der Waals surface area contributed by atoms with Crippen LogP contribution in [0.3, 0.4) is 0 Å². The summed E-state index contributed by atoms with van der Waals surface area (Å²) in [4.78, 5) is 0. The Kier molecular flexibility index (Phi) is 2.75. The Morgan fingerprint density at radius 1 is 1.15 bits per heavy atom. The third-order valence-corrected chi connectivity index (χ3v) is 2.42. The lowest BCUT2D eigenvalue weighted by atomic mass is 9.85. The second-order valence-electron chi connectivity index (χ2n) is 5.54. The standard InChI is InChI=1S/C11H22O2/c1-8-7-9(10(2,3)4)13-11(5,6)12-8/h8-9H,7H2,1-6H3/t8-,9+/m1/s1. The van der Waals surface area contributed by atoms with E-state index in [1.807, 2.05) is 13.8 Å². The van der Waals surface area contributed by atoms with E-state index >= 15 is 0 Å². The van der Waals surface area contributed by atoms with Crippen molar-refractivity contribution in [1.29, 1.82) is 0 Å². The van der Waals surface area contributed by atoms with Gasteiger partial charge in [-0.3, -0.25) is 0 Å². The number of rotatable bonds is 0. The first-order valence-electron chi connectivity index (χ1n) is 5.06. The Morgan fingerprint density at radius 3 is 2.08 bits per heavy atom. The van der Waals surface area contributed by atoms with Crippen LogP contribution in [0, 0.1) is 5.41 Å². The van der Waals surface area contributed by atoms with Crippen molar-refractivity contribution in [3.8, 4) is 0 Å². The summed E-state index contributed by atoms with van der Waals surface area (Å²) in [6.07, 6.45) is 1.59. The van der Waals surface area contributed by atoms with Crippen molar-refractivity contribution in [2.45, 2.75) is 66.0 Å². The molecular weight excluding hydrogens is 164 g/mol. The normalized spacial score (nSPS) is 34.6. The number of ether oxygens (including phenoxy) is 2. The quantitative estimate of drug-likeness (QED) is 0.579. The van der Waals surface area contributed by atoms with Gasteiger partial charge >= 0.3 is 0 Å². The molecule has 1 rings (SSSR count). The van der Waals surface area contributed by atoms with Crippen LogP contribution in [0.2, 0.25) is 0 Å². The SMILES string of the molecule is C[C@@H]1C[C@@H](C(C)(C)C)OC(C)(C)O1. The molecule has 1 fully saturated rings. The molecule has 0 radical (unpaired) electrons. The molecule has 0 unspecified atom stereocenters. The highest BCUT2D eigenvalue weighted by Crippen LogP contribution is 2.35. The van der Waals surface area contributed by atoms with Crippen LogP contribution < -0.4 is 0 Å². The van der Waals surface area contributed by atoms with E-state index in [1.54, 1.807) is 0 Å². The van der Waals surface area contributed by atoms with Crippen molar-refractivity contribution in [3.05, 3.63) is 0 Å². The molecule has 1 aliphatic heterocycles. The molecule has 0 aliphatic carbocycles. The zero-order valence-electron chi connectivity index (χ0n) is 9.68. The zero-order valence-corrected chi connectivity index (χ0v) is 9.68. The van der Waals surface area contributed by atoms with Crippen molar-refractivity contribution >= 4 is 0 Å². The summed E-state index contributed by atoms with van der Waals surface area (Å²) < 4.78 is 11.6. The summed E-state index contributed by atoms with van der Waals surface area (Å²) in [5.41, 5.74) is 0.204. The summed E-state index contributed by atoms with van der Waals surface area (Å²) in [6, 6.07) is 0. The van der Waals surface area contributed by atoms with Crippen molar-refractivity contribution in [2.75, 3.05) is 0 Å². The van der Waals surface area contributed by atoms with E-state index in [4.69, 9.17) is 9.47 Å².